The number of halogens is 2. The van der Waals surface area contributed by atoms with E-state index in [1.165, 1.54) is 0 Å². The summed E-state index contributed by atoms with van der Waals surface area (Å²) in [6.07, 6.45) is 1.54. The molecule has 4 rings (SSSR count). The predicted octanol–water partition coefficient (Wildman–Crippen LogP) is 5.10. The van der Waals surface area contributed by atoms with E-state index in [4.69, 9.17) is 28.2 Å². The summed E-state index contributed by atoms with van der Waals surface area (Å²) in [5.41, 5.74) is 4.06. The number of aryl methyl sites for hydroxylation is 1. The van der Waals surface area contributed by atoms with Crippen molar-refractivity contribution >= 4 is 34.4 Å². The number of imidazole rings is 1. The Balaban J connectivity index is 2.10. The zero-order valence-electron chi connectivity index (χ0n) is 12.7. The average molecular weight is 355 g/mol. The molecule has 4 aromatic rings. The molecule has 0 atom stereocenters. The topological polar surface area (TPSA) is 43.6 Å². The van der Waals surface area contributed by atoms with Gasteiger partial charge >= 0.3 is 0 Å². The molecule has 2 aromatic heterocycles. The Labute approximate surface area is 148 Å². The van der Waals surface area contributed by atoms with Gasteiger partial charge in [0.1, 0.15) is 17.7 Å². The lowest BCUT2D eigenvalue weighted by Gasteiger charge is -2.10. The number of rotatable bonds is 2. The molecular weight excluding hydrogens is 343 g/mol. The SMILES string of the molecule is Cc1ncnc2c1nc(-c1ccccc1Cl)n2-c1ccc(Cl)cc1. The minimum Gasteiger partial charge on any atom is -0.277 e. The van der Waals surface area contributed by atoms with E-state index in [2.05, 4.69) is 9.97 Å². The molecule has 0 aliphatic rings. The van der Waals surface area contributed by atoms with Gasteiger partial charge in [-0.2, -0.15) is 0 Å². The molecule has 0 spiro atoms. The van der Waals surface area contributed by atoms with Crippen molar-refractivity contribution in [1.29, 1.82) is 0 Å². The first kappa shape index (κ1) is 15.1. The van der Waals surface area contributed by atoms with Gasteiger partial charge in [-0.15, -0.1) is 0 Å². The average Bonchev–Trinajstić information content (AvgIpc) is 2.97. The number of nitrogens with zero attached hydrogens (tertiary/aromatic N) is 4. The Kier molecular flexibility index (Phi) is 3.71. The van der Waals surface area contributed by atoms with E-state index in [0.29, 0.717) is 10.0 Å². The summed E-state index contributed by atoms with van der Waals surface area (Å²) >= 11 is 12.4. The highest BCUT2D eigenvalue weighted by molar-refractivity contribution is 6.33. The highest BCUT2D eigenvalue weighted by Crippen LogP contribution is 2.32. The summed E-state index contributed by atoms with van der Waals surface area (Å²) in [6, 6.07) is 15.2. The lowest BCUT2D eigenvalue weighted by molar-refractivity contribution is 1.06. The molecule has 0 bridgehead atoms. The Bertz CT molecular complexity index is 1040. The minimum absolute atomic E-state index is 0.633. The minimum atomic E-state index is 0.633. The summed E-state index contributed by atoms with van der Waals surface area (Å²) in [5, 5.41) is 1.31. The zero-order chi connectivity index (χ0) is 16.7. The van der Waals surface area contributed by atoms with Crippen molar-refractivity contribution in [2.45, 2.75) is 6.92 Å². The summed E-state index contributed by atoms with van der Waals surface area (Å²) in [5.74, 6) is 0.724. The number of aromatic nitrogens is 4. The smallest absolute Gasteiger partial charge is 0.168 e. The van der Waals surface area contributed by atoms with Crippen molar-refractivity contribution in [3.8, 4) is 17.1 Å². The lowest BCUT2D eigenvalue weighted by atomic mass is 10.2. The predicted molar refractivity (Wildman–Crippen MR) is 96.9 cm³/mol. The molecule has 118 valence electrons. The number of hydrogen-bond acceptors (Lipinski definition) is 3. The third-order valence-electron chi connectivity index (χ3n) is 3.83. The van der Waals surface area contributed by atoms with Gasteiger partial charge < -0.3 is 0 Å². The Morgan fingerprint density at radius 3 is 2.42 bits per heavy atom. The molecule has 0 aliphatic carbocycles. The molecule has 0 saturated carbocycles. The van der Waals surface area contributed by atoms with E-state index in [-0.39, 0.29) is 0 Å². The van der Waals surface area contributed by atoms with Gasteiger partial charge in [0.15, 0.2) is 5.65 Å². The lowest BCUT2D eigenvalue weighted by Crippen LogP contribution is -1.99. The highest BCUT2D eigenvalue weighted by Gasteiger charge is 2.18. The standard InChI is InChI=1S/C18H12Cl2N4/c1-11-16-18(22-10-21-11)24(13-8-6-12(19)7-9-13)17(23-16)14-4-2-3-5-15(14)20/h2-10H,1H3. The third-order valence-corrected chi connectivity index (χ3v) is 4.41. The second-order valence-electron chi connectivity index (χ2n) is 5.36. The fourth-order valence-electron chi connectivity index (χ4n) is 2.66. The largest absolute Gasteiger partial charge is 0.277 e. The second-order valence-corrected chi connectivity index (χ2v) is 6.20. The zero-order valence-corrected chi connectivity index (χ0v) is 14.3. The number of benzene rings is 2. The van der Waals surface area contributed by atoms with Crippen molar-refractivity contribution in [3.05, 3.63) is 70.6 Å². The normalized spacial score (nSPS) is 11.1. The summed E-state index contributed by atoms with van der Waals surface area (Å²) < 4.78 is 1.97. The maximum absolute atomic E-state index is 6.40. The van der Waals surface area contributed by atoms with Crippen LogP contribution in [0.15, 0.2) is 54.9 Å². The van der Waals surface area contributed by atoms with Gasteiger partial charge in [-0.3, -0.25) is 4.57 Å². The van der Waals surface area contributed by atoms with Crippen molar-refractivity contribution in [1.82, 2.24) is 19.5 Å². The number of hydrogen-bond donors (Lipinski definition) is 0. The van der Waals surface area contributed by atoms with Gasteiger partial charge in [-0.25, -0.2) is 15.0 Å². The first-order chi connectivity index (χ1) is 11.6. The van der Waals surface area contributed by atoms with Gasteiger partial charge in [0.05, 0.1) is 10.7 Å². The quantitative estimate of drug-likeness (QED) is 0.503. The molecule has 0 unspecified atom stereocenters. The molecule has 0 amide bonds. The van der Waals surface area contributed by atoms with Crippen molar-refractivity contribution < 1.29 is 0 Å². The fourth-order valence-corrected chi connectivity index (χ4v) is 3.01. The van der Waals surface area contributed by atoms with E-state index >= 15 is 0 Å². The maximum Gasteiger partial charge on any atom is 0.168 e. The third kappa shape index (κ3) is 2.44. The van der Waals surface area contributed by atoms with Crippen LogP contribution < -0.4 is 0 Å². The van der Waals surface area contributed by atoms with E-state index < -0.39 is 0 Å². The molecule has 6 heteroatoms. The fraction of sp³-hybridized carbons (Fsp3) is 0.0556. The van der Waals surface area contributed by atoms with Crippen LogP contribution in [0.25, 0.3) is 28.2 Å². The van der Waals surface area contributed by atoms with Crippen LogP contribution in [0, 0.1) is 6.92 Å². The van der Waals surface area contributed by atoms with E-state index in [1.807, 2.05) is 60.0 Å². The monoisotopic (exact) mass is 354 g/mol. The van der Waals surface area contributed by atoms with Crippen molar-refractivity contribution in [2.75, 3.05) is 0 Å². The van der Waals surface area contributed by atoms with Crippen LogP contribution >= 0.6 is 23.2 Å². The van der Waals surface area contributed by atoms with Crippen LogP contribution in [0.4, 0.5) is 0 Å². The summed E-state index contributed by atoms with van der Waals surface area (Å²) in [6.45, 7) is 1.92. The first-order valence-corrected chi connectivity index (χ1v) is 8.11. The molecule has 24 heavy (non-hydrogen) atoms. The Morgan fingerprint density at radius 1 is 0.917 bits per heavy atom. The van der Waals surface area contributed by atoms with Crippen LogP contribution in [0.2, 0.25) is 10.0 Å². The highest BCUT2D eigenvalue weighted by atomic mass is 35.5. The van der Waals surface area contributed by atoms with Crippen LogP contribution in [0.5, 0.6) is 0 Å². The molecule has 0 radical (unpaired) electrons. The summed E-state index contributed by atoms with van der Waals surface area (Å²) in [4.78, 5) is 13.4. The van der Waals surface area contributed by atoms with Crippen LogP contribution in [-0.2, 0) is 0 Å². The molecule has 0 aliphatic heterocycles. The van der Waals surface area contributed by atoms with Gasteiger partial charge in [-0.1, -0.05) is 35.3 Å². The van der Waals surface area contributed by atoms with Gasteiger partial charge in [0.25, 0.3) is 0 Å². The Hall–Kier alpha value is -2.43. The van der Waals surface area contributed by atoms with Crippen molar-refractivity contribution in [3.63, 3.8) is 0 Å². The van der Waals surface area contributed by atoms with Gasteiger partial charge in [-0.05, 0) is 43.3 Å². The van der Waals surface area contributed by atoms with E-state index in [9.17, 15) is 0 Å². The first-order valence-electron chi connectivity index (χ1n) is 7.36. The molecule has 0 fully saturated rings. The van der Waals surface area contributed by atoms with Crippen LogP contribution in [-0.4, -0.2) is 19.5 Å². The molecule has 4 nitrogen and oxygen atoms in total. The molecule has 0 N–H and O–H groups in total. The molecule has 0 saturated heterocycles. The van der Waals surface area contributed by atoms with Crippen LogP contribution in [0.1, 0.15) is 5.69 Å². The summed E-state index contributed by atoms with van der Waals surface area (Å²) in [7, 11) is 0. The maximum atomic E-state index is 6.40. The molecule has 2 heterocycles. The van der Waals surface area contributed by atoms with E-state index in [0.717, 1.165) is 33.9 Å². The Morgan fingerprint density at radius 2 is 1.67 bits per heavy atom. The molecule has 2 aromatic carbocycles. The second kappa shape index (κ2) is 5.89. The molecular formula is C18H12Cl2N4. The van der Waals surface area contributed by atoms with Gasteiger partial charge in [0, 0.05) is 16.3 Å². The van der Waals surface area contributed by atoms with Gasteiger partial charge in [0.2, 0.25) is 0 Å². The van der Waals surface area contributed by atoms with Crippen LogP contribution in [0.3, 0.4) is 0 Å². The van der Waals surface area contributed by atoms with Crippen molar-refractivity contribution in [2.24, 2.45) is 0 Å². The number of fused-ring (bicyclic) bond motifs is 1. The van der Waals surface area contributed by atoms with E-state index in [1.54, 1.807) is 6.33 Å².